The fourth-order valence-electron chi connectivity index (χ4n) is 3.74. The average molecular weight is 355 g/mol. The summed E-state index contributed by atoms with van der Waals surface area (Å²) < 4.78 is 28.7. The molecule has 2 N–H and O–H groups in total. The lowest BCUT2D eigenvalue weighted by atomic mass is 9.76. The van der Waals surface area contributed by atoms with Gasteiger partial charge in [0.15, 0.2) is 0 Å². The Bertz CT molecular complexity index is 705. The summed E-state index contributed by atoms with van der Waals surface area (Å²) in [5.41, 5.74) is 1.30. The molecule has 1 aliphatic heterocycles. The minimum Gasteiger partial charge on any atom is -0.313 e. The SMILES string of the molecule is CCNCC1=C(c2ccc(Cl)cc2)S(=O)(=O)NC12CCCCC2. The second kappa shape index (κ2) is 6.55. The van der Waals surface area contributed by atoms with Gasteiger partial charge in [-0.1, -0.05) is 49.9 Å². The smallest absolute Gasteiger partial charge is 0.242 e. The van der Waals surface area contributed by atoms with E-state index in [-0.39, 0.29) is 0 Å². The van der Waals surface area contributed by atoms with E-state index in [0.29, 0.717) is 16.5 Å². The zero-order chi connectivity index (χ0) is 16.5. The number of hydrogen-bond acceptors (Lipinski definition) is 3. The maximum absolute atomic E-state index is 12.9. The van der Waals surface area contributed by atoms with Crippen LogP contribution < -0.4 is 10.0 Å². The predicted octanol–water partition coefficient (Wildman–Crippen LogP) is 3.30. The first-order valence-corrected chi connectivity index (χ1v) is 10.1. The molecule has 0 radical (unpaired) electrons. The Morgan fingerprint density at radius 2 is 1.83 bits per heavy atom. The van der Waals surface area contributed by atoms with E-state index in [4.69, 9.17) is 11.6 Å². The van der Waals surface area contributed by atoms with Crippen molar-refractivity contribution < 1.29 is 8.42 Å². The van der Waals surface area contributed by atoms with E-state index in [0.717, 1.165) is 43.4 Å². The molecule has 1 aromatic rings. The van der Waals surface area contributed by atoms with Crippen LogP contribution in [-0.4, -0.2) is 27.0 Å². The summed E-state index contributed by atoms with van der Waals surface area (Å²) in [7, 11) is -3.49. The molecule has 0 unspecified atom stereocenters. The van der Waals surface area contributed by atoms with Gasteiger partial charge in [-0.25, -0.2) is 13.1 Å². The highest BCUT2D eigenvalue weighted by Gasteiger charge is 2.48. The van der Waals surface area contributed by atoms with Crippen LogP contribution in [0.15, 0.2) is 29.8 Å². The zero-order valence-electron chi connectivity index (χ0n) is 13.4. The van der Waals surface area contributed by atoms with Crippen LogP contribution in [0.4, 0.5) is 0 Å². The van der Waals surface area contributed by atoms with Gasteiger partial charge >= 0.3 is 0 Å². The van der Waals surface area contributed by atoms with Crippen molar-refractivity contribution in [2.24, 2.45) is 0 Å². The van der Waals surface area contributed by atoms with E-state index in [2.05, 4.69) is 10.0 Å². The molecule has 0 saturated heterocycles. The van der Waals surface area contributed by atoms with Crippen LogP contribution in [0.3, 0.4) is 0 Å². The molecule has 1 spiro atoms. The first kappa shape index (κ1) is 17.0. The number of halogens is 1. The van der Waals surface area contributed by atoms with Crippen molar-refractivity contribution in [2.75, 3.05) is 13.1 Å². The molecule has 6 heteroatoms. The normalized spacial score (nSPS) is 22.7. The Morgan fingerprint density at radius 1 is 1.17 bits per heavy atom. The second-order valence-corrected chi connectivity index (χ2v) is 8.40. The summed E-state index contributed by atoms with van der Waals surface area (Å²) in [5.74, 6) is 0. The van der Waals surface area contributed by atoms with Gasteiger partial charge in [-0.2, -0.15) is 0 Å². The first-order valence-electron chi connectivity index (χ1n) is 8.23. The van der Waals surface area contributed by atoms with Gasteiger partial charge in [0, 0.05) is 11.6 Å². The number of hydrogen-bond donors (Lipinski definition) is 2. The lowest BCUT2D eigenvalue weighted by molar-refractivity contribution is 0.315. The molecule has 126 valence electrons. The summed E-state index contributed by atoms with van der Waals surface area (Å²) >= 11 is 5.96. The van der Waals surface area contributed by atoms with Crippen LogP contribution in [0.1, 0.15) is 44.6 Å². The van der Waals surface area contributed by atoms with Gasteiger partial charge in [-0.3, -0.25) is 0 Å². The summed E-state index contributed by atoms with van der Waals surface area (Å²) in [4.78, 5) is 0.442. The van der Waals surface area contributed by atoms with Crippen molar-refractivity contribution in [3.05, 3.63) is 40.4 Å². The minimum atomic E-state index is -3.49. The van der Waals surface area contributed by atoms with Crippen molar-refractivity contribution in [3.8, 4) is 0 Å². The molecule has 23 heavy (non-hydrogen) atoms. The van der Waals surface area contributed by atoms with Gasteiger partial charge in [-0.05, 0) is 42.7 Å². The van der Waals surface area contributed by atoms with Crippen LogP contribution in [-0.2, 0) is 10.0 Å². The minimum absolute atomic E-state index is 0.409. The number of sulfonamides is 1. The monoisotopic (exact) mass is 354 g/mol. The topological polar surface area (TPSA) is 58.2 Å². The second-order valence-electron chi connectivity index (χ2n) is 6.34. The van der Waals surface area contributed by atoms with Crippen LogP contribution in [0.25, 0.3) is 4.91 Å². The summed E-state index contributed by atoms with van der Waals surface area (Å²) in [6.45, 7) is 3.45. The number of nitrogens with one attached hydrogen (secondary N) is 2. The van der Waals surface area contributed by atoms with Gasteiger partial charge in [-0.15, -0.1) is 0 Å². The molecule has 2 aliphatic rings. The van der Waals surface area contributed by atoms with Gasteiger partial charge < -0.3 is 5.32 Å². The van der Waals surface area contributed by atoms with E-state index in [1.165, 1.54) is 6.42 Å². The Labute approximate surface area is 143 Å². The van der Waals surface area contributed by atoms with E-state index >= 15 is 0 Å². The number of benzene rings is 1. The summed E-state index contributed by atoms with van der Waals surface area (Å²) in [6, 6.07) is 7.08. The molecular formula is C17H23ClN2O2S. The lowest BCUT2D eigenvalue weighted by Crippen LogP contribution is -2.47. The average Bonchev–Trinajstić information content (AvgIpc) is 2.73. The van der Waals surface area contributed by atoms with Gasteiger partial charge in [0.2, 0.25) is 10.0 Å². The number of likely N-dealkylation sites (N-methyl/N-ethyl adjacent to an activating group) is 1. The molecule has 4 nitrogen and oxygen atoms in total. The third-order valence-electron chi connectivity index (χ3n) is 4.82. The maximum atomic E-state index is 12.9. The van der Waals surface area contributed by atoms with Crippen LogP contribution >= 0.6 is 11.6 Å². The van der Waals surface area contributed by atoms with Crippen molar-refractivity contribution in [3.63, 3.8) is 0 Å². The Balaban J connectivity index is 2.14. The molecule has 0 bridgehead atoms. The molecule has 0 atom stereocenters. The van der Waals surface area contributed by atoms with Crippen molar-refractivity contribution >= 4 is 26.5 Å². The molecule has 1 heterocycles. The Kier molecular flexibility index (Phi) is 4.83. The van der Waals surface area contributed by atoms with Gasteiger partial charge in [0.1, 0.15) is 0 Å². The van der Waals surface area contributed by atoms with E-state index in [9.17, 15) is 8.42 Å². The molecule has 0 amide bonds. The largest absolute Gasteiger partial charge is 0.313 e. The van der Waals surface area contributed by atoms with Gasteiger partial charge in [0.05, 0.1) is 10.4 Å². The maximum Gasteiger partial charge on any atom is 0.242 e. The standard InChI is InChI=1S/C17H23ClN2O2S/c1-2-19-12-15-16(13-6-8-14(18)9-7-13)23(21,22)20-17(15)10-4-3-5-11-17/h6-9,19-20H,2-5,10-12H2,1H3. The summed E-state index contributed by atoms with van der Waals surface area (Å²) in [5, 5.41) is 3.93. The quantitative estimate of drug-likeness (QED) is 0.872. The Morgan fingerprint density at radius 3 is 2.43 bits per heavy atom. The van der Waals surface area contributed by atoms with Crippen molar-refractivity contribution in [1.82, 2.24) is 10.0 Å². The van der Waals surface area contributed by atoms with Crippen molar-refractivity contribution in [2.45, 2.75) is 44.6 Å². The molecule has 1 fully saturated rings. The van der Waals surface area contributed by atoms with E-state index in [1.54, 1.807) is 24.3 Å². The fourth-order valence-corrected chi connectivity index (χ4v) is 5.85. The van der Waals surface area contributed by atoms with Gasteiger partial charge in [0.25, 0.3) is 0 Å². The third kappa shape index (κ3) is 3.20. The van der Waals surface area contributed by atoms with E-state index in [1.807, 2.05) is 6.92 Å². The number of rotatable bonds is 4. The highest BCUT2D eigenvalue weighted by Crippen LogP contribution is 2.45. The third-order valence-corrected chi connectivity index (χ3v) is 6.75. The van der Waals surface area contributed by atoms with Crippen LogP contribution in [0.5, 0.6) is 0 Å². The first-order chi connectivity index (χ1) is 11.0. The highest BCUT2D eigenvalue weighted by atomic mass is 35.5. The lowest BCUT2D eigenvalue weighted by Gasteiger charge is -2.35. The molecule has 3 rings (SSSR count). The van der Waals surface area contributed by atoms with E-state index < -0.39 is 15.6 Å². The van der Waals surface area contributed by atoms with Crippen LogP contribution in [0.2, 0.25) is 5.02 Å². The summed E-state index contributed by atoms with van der Waals surface area (Å²) in [6.07, 6.45) is 5.06. The van der Waals surface area contributed by atoms with Crippen LogP contribution in [0, 0.1) is 0 Å². The van der Waals surface area contributed by atoms with Crippen molar-refractivity contribution in [1.29, 1.82) is 0 Å². The molecular weight excluding hydrogens is 332 g/mol. The Hall–Kier alpha value is -0.880. The molecule has 1 aliphatic carbocycles. The zero-order valence-corrected chi connectivity index (χ0v) is 14.9. The fraction of sp³-hybridized carbons (Fsp3) is 0.529. The predicted molar refractivity (Wildman–Crippen MR) is 94.8 cm³/mol. The molecule has 1 aromatic carbocycles. The molecule has 1 saturated carbocycles. The molecule has 0 aromatic heterocycles. The highest BCUT2D eigenvalue weighted by molar-refractivity contribution is 7.99.